The lowest BCUT2D eigenvalue weighted by Gasteiger charge is -2.03. The van der Waals surface area contributed by atoms with E-state index in [0.29, 0.717) is 6.54 Å². The Morgan fingerprint density at radius 3 is 2.73 bits per heavy atom. The molecule has 22 heavy (non-hydrogen) atoms. The first kappa shape index (κ1) is 14.7. The van der Waals surface area contributed by atoms with E-state index in [9.17, 15) is 4.79 Å². The minimum Gasteiger partial charge on any atom is -0.309 e. The molecule has 0 bridgehead atoms. The van der Waals surface area contributed by atoms with Crippen LogP contribution < -0.4 is 5.56 Å². The lowest BCUT2D eigenvalue weighted by atomic mass is 10.1. The zero-order chi connectivity index (χ0) is 15.4. The molecule has 0 aliphatic carbocycles. The lowest BCUT2D eigenvalue weighted by Crippen LogP contribution is -2.19. The van der Waals surface area contributed by atoms with Crippen LogP contribution in [0.4, 0.5) is 0 Å². The topological polar surface area (TPSA) is 34.9 Å². The van der Waals surface area contributed by atoms with Crippen LogP contribution in [0.5, 0.6) is 0 Å². The van der Waals surface area contributed by atoms with Gasteiger partial charge in [-0.25, -0.2) is 4.98 Å². The maximum absolute atomic E-state index is 11.9. The predicted octanol–water partition coefficient (Wildman–Crippen LogP) is 3.45. The standard InChI is InChI=1S/C18H18N2OS/c1-14-9-10-20(18(21)11-14)12-16-13-22-17(19-16)8-7-15-5-3-2-4-6-15/h2-6,9-11,13H,7-8,12H2,1H3. The fourth-order valence-corrected chi connectivity index (χ4v) is 3.13. The van der Waals surface area contributed by atoms with E-state index in [1.165, 1.54) is 5.56 Å². The van der Waals surface area contributed by atoms with Gasteiger partial charge in [-0.2, -0.15) is 0 Å². The molecule has 2 heterocycles. The fraction of sp³-hybridized carbons (Fsp3) is 0.222. The zero-order valence-corrected chi connectivity index (χ0v) is 13.3. The Balaban J connectivity index is 1.65. The number of aryl methyl sites for hydroxylation is 3. The molecule has 0 spiro atoms. The van der Waals surface area contributed by atoms with E-state index in [0.717, 1.165) is 29.1 Å². The molecule has 112 valence electrons. The lowest BCUT2D eigenvalue weighted by molar-refractivity contribution is 0.737. The predicted molar refractivity (Wildman–Crippen MR) is 90.5 cm³/mol. The van der Waals surface area contributed by atoms with Crippen molar-refractivity contribution in [2.24, 2.45) is 0 Å². The number of thiazole rings is 1. The zero-order valence-electron chi connectivity index (χ0n) is 12.5. The highest BCUT2D eigenvalue weighted by Gasteiger charge is 2.05. The third-order valence-corrected chi connectivity index (χ3v) is 4.51. The van der Waals surface area contributed by atoms with Crippen molar-refractivity contribution < 1.29 is 0 Å². The van der Waals surface area contributed by atoms with Gasteiger partial charge in [-0.15, -0.1) is 11.3 Å². The molecule has 0 N–H and O–H groups in total. The molecule has 0 unspecified atom stereocenters. The molecule has 3 rings (SSSR count). The van der Waals surface area contributed by atoms with Crippen molar-refractivity contribution in [2.75, 3.05) is 0 Å². The van der Waals surface area contributed by atoms with Gasteiger partial charge < -0.3 is 4.57 Å². The van der Waals surface area contributed by atoms with Crippen LogP contribution in [-0.2, 0) is 19.4 Å². The van der Waals surface area contributed by atoms with Crippen LogP contribution >= 0.6 is 11.3 Å². The fourth-order valence-electron chi connectivity index (χ4n) is 2.34. The average Bonchev–Trinajstić information content (AvgIpc) is 2.97. The summed E-state index contributed by atoms with van der Waals surface area (Å²) in [7, 11) is 0. The maximum atomic E-state index is 11.9. The highest BCUT2D eigenvalue weighted by atomic mass is 32.1. The van der Waals surface area contributed by atoms with Gasteiger partial charge in [0.05, 0.1) is 17.2 Å². The second kappa shape index (κ2) is 6.71. The van der Waals surface area contributed by atoms with Crippen molar-refractivity contribution in [2.45, 2.75) is 26.3 Å². The van der Waals surface area contributed by atoms with E-state index in [-0.39, 0.29) is 5.56 Å². The Bertz CT molecular complexity index is 805. The summed E-state index contributed by atoms with van der Waals surface area (Å²) in [4.78, 5) is 16.5. The van der Waals surface area contributed by atoms with Gasteiger partial charge in [-0.3, -0.25) is 4.79 Å². The molecule has 1 aromatic carbocycles. The highest BCUT2D eigenvalue weighted by Crippen LogP contribution is 2.13. The van der Waals surface area contributed by atoms with Crippen molar-refractivity contribution in [1.82, 2.24) is 9.55 Å². The Labute approximate surface area is 133 Å². The van der Waals surface area contributed by atoms with Crippen LogP contribution in [0.25, 0.3) is 0 Å². The number of aromatic nitrogens is 2. The van der Waals surface area contributed by atoms with Gasteiger partial charge in [0.15, 0.2) is 0 Å². The van der Waals surface area contributed by atoms with Gasteiger partial charge in [0.2, 0.25) is 0 Å². The first-order valence-electron chi connectivity index (χ1n) is 7.35. The normalized spacial score (nSPS) is 10.8. The number of nitrogens with zero attached hydrogens (tertiary/aromatic N) is 2. The van der Waals surface area contributed by atoms with E-state index < -0.39 is 0 Å². The van der Waals surface area contributed by atoms with Crippen LogP contribution in [0, 0.1) is 6.92 Å². The number of hydrogen-bond donors (Lipinski definition) is 0. The average molecular weight is 310 g/mol. The van der Waals surface area contributed by atoms with E-state index in [2.05, 4.69) is 29.2 Å². The van der Waals surface area contributed by atoms with Crippen LogP contribution in [0.1, 0.15) is 21.8 Å². The van der Waals surface area contributed by atoms with E-state index in [4.69, 9.17) is 0 Å². The number of rotatable bonds is 5. The van der Waals surface area contributed by atoms with Crippen LogP contribution in [0.2, 0.25) is 0 Å². The van der Waals surface area contributed by atoms with Gasteiger partial charge in [-0.1, -0.05) is 30.3 Å². The van der Waals surface area contributed by atoms with Crippen molar-refractivity contribution in [3.63, 3.8) is 0 Å². The van der Waals surface area contributed by atoms with Gasteiger partial charge in [0, 0.05) is 24.1 Å². The summed E-state index contributed by atoms with van der Waals surface area (Å²) in [6.45, 7) is 2.47. The molecule has 0 atom stereocenters. The largest absolute Gasteiger partial charge is 0.309 e. The summed E-state index contributed by atoms with van der Waals surface area (Å²) >= 11 is 1.67. The Morgan fingerprint density at radius 2 is 1.95 bits per heavy atom. The summed E-state index contributed by atoms with van der Waals surface area (Å²) in [5, 5.41) is 3.17. The number of hydrogen-bond acceptors (Lipinski definition) is 3. The molecule has 3 aromatic rings. The molecule has 2 aromatic heterocycles. The molecule has 0 aliphatic heterocycles. The summed E-state index contributed by atoms with van der Waals surface area (Å²) in [5.74, 6) is 0. The first-order valence-corrected chi connectivity index (χ1v) is 8.23. The number of pyridine rings is 1. The van der Waals surface area contributed by atoms with Crippen LogP contribution in [0.15, 0.2) is 58.8 Å². The van der Waals surface area contributed by atoms with E-state index >= 15 is 0 Å². The molecule has 0 amide bonds. The third-order valence-electron chi connectivity index (χ3n) is 3.55. The molecule has 4 heteroatoms. The van der Waals surface area contributed by atoms with E-state index in [1.807, 2.05) is 30.6 Å². The monoisotopic (exact) mass is 310 g/mol. The van der Waals surface area contributed by atoms with Crippen molar-refractivity contribution in [3.05, 3.63) is 86.2 Å². The van der Waals surface area contributed by atoms with Gasteiger partial charge >= 0.3 is 0 Å². The van der Waals surface area contributed by atoms with Crippen LogP contribution in [0.3, 0.4) is 0 Å². The molecule has 0 fully saturated rings. The molecule has 3 nitrogen and oxygen atoms in total. The van der Waals surface area contributed by atoms with Gasteiger partial charge in [0.25, 0.3) is 5.56 Å². The van der Waals surface area contributed by atoms with Crippen molar-refractivity contribution in [1.29, 1.82) is 0 Å². The van der Waals surface area contributed by atoms with Crippen molar-refractivity contribution >= 4 is 11.3 Å². The second-order valence-electron chi connectivity index (χ2n) is 5.39. The third kappa shape index (κ3) is 3.71. The molecule has 0 radical (unpaired) electrons. The Hall–Kier alpha value is -2.20. The van der Waals surface area contributed by atoms with Gasteiger partial charge in [-0.05, 0) is 30.5 Å². The molecule has 0 aliphatic rings. The molecule has 0 saturated heterocycles. The minimum atomic E-state index is 0.0267. The van der Waals surface area contributed by atoms with Gasteiger partial charge in [0.1, 0.15) is 0 Å². The smallest absolute Gasteiger partial charge is 0.251 e. The molecular weight excluding hydrogens is 292 g/mol. The molecule has 0 saturated carbocycles. The maximum Gasteiger partial charge on any atom is 0.251 e. The Morgan fingerprint density at radius 1 is 1.14 bits per heavy atom. The second-order valence-corrected chi connectivity index (χ2v) is 6.33. The minimum absolute atomic E-state index is 0.0267. The molecular formula is C18H18N2OS. The van der Waals surface area contributed by atoms with Crippen LogP contribution in [-0.4, -0.2) is 9.55 Å². The highest BCUT2D eigenvalue weighted by molar-refractivity contribution is 7.09. The summed E-state index contributed by atoms with van der Waals surface area (Å²) in [6.07, 6.45) is 3.77. The van der Waals surface area contributed by atoms with Crippen molar-refractivity contribution in [3.8, 4) is 0 Å². The van der Waals surface area contributed by atoms with E-state index in [1.54, 1.807) is 22.0 Å². The summed E-state index contributed by atoms with van der Waals surface area (Å²) < 4.78 is 1.70. The Kier molecular flexibility index (Phi) is 4.49. The summed E-state index contributed by atoms with van der Waals surface area (Å²) in [5.41, 5.74) is 3.30. The first-order chi connectivity index (χ1) is 10.7. The SMILES string of the molecule is Cc1ccn(Cc2csc(CCc3ccccc3)n2)c(=O)c1. The summed E-state index contributed by atoms with van der Waals surface area (Å²) in [6, 6.07) is 14.0. The number of benzene rings is 1. The quantitative estimate of drug-likeness (QED) is 0.723.